The number of pyridine rings is 2. The average molecular weight is 359 g/mol. The number of aromatic nitrogens is 2. The van der Waals surface area contributed by atoms with E-state index in [0.29, 0.717) is 18.4 Å². The van der Waals surface area contributed by atoms with Crippen LogP contribution in [0.5, 0.6) is 0 Å². The monoisotopic (exact) mass is 359 g/mol. The zero-order valence-electron chi connectivity index (χ0n) is 15.5. The molecule has 4 rings (SSSR count). The molecule has 0 atom stereocenters. The van der Waals surface area contributed by atoms with Crippen molar-refractivity contribution in [3.63, 3.8) is 0 Å². The first-order valence-electron chi connectivity index (χ1n) is 9.04. The predicted octanol–water partition coefficient (Wildman–Crippen LogP) is 3.23. The molecule has 1 amide bonds. The first-order chi connectivity index (χ1) is 13.0. The lowest BCUT2D eigenvalue weighted by atomic mass is 9.91. The van der Waals surface area contributed by atoms with Crippen LogP contribution in [-0.4, -0.2) is 15.5 Å². The van der Waals surface area contributed by atoms with Gasteiger partial charge in [0, 0.05) is 49.2 Å². The van der Waals surface area contributed by atoms with Crippen molar-refractivity contribution in [2.75, 3.05) is 5.32 Å². The number of benzene rings is 1. The van der Waals surface area contributed by atoms with E-state index >= 15 is 0 Å². The van der Waals surface area contributed by atoms with Crippen LogP contribution in [0, 0.1) is 6.92 Å². The molecule has 3 heterocycles. The van der Waals surface area contributed by atoms with E-state index in [2.05, 4.69) is 22.4 Å². The molecule has 0 spiro atoms. The molecule has 0 radical (unpaired) electrons. The maximum atomic E-state index is 12.0. The van der Waals surface area contributed by atoms with Crippen LogP contribution in [0.1, 0.15) is 28.8 Å². The average Bonchev–Trinajstić information content (AvgIpc) is 2.66. The molecule has 0 saturated heterocycles. The topological polar surface area (TPSA) is 64.0 Å². The van der Waals surface area contributed by atoms with Crippen molar-refractivity contribution >= 4 is 11.6 Å². The van der Waals surface area contributed by atoms with Crippen LogP contribution in [0.4, 0.5) is 5.69 Å². The molecular weight excluding hydrogens is 338 g/mol. The molecule has 0 fully saturated rings. The summed E-state index contributed by atoms with van der Waals surface area (Å²) < 4.78 is 1.62. The highest BCUT2D eigenvalue weighted by molar-refractivity contribution is 5.95. The minimum Gasteiger partial charge on any atom is -0.326 e. The Hall–Kier alpha value is -3.21. The molecule has 2 aromatic heterocycles. The fourth-order valence-corrected chi connectivity index (χ4v) is 3.61. The number of anilines is 1. The molecule has 136 valence electrons. The number of amides is 1. The van der Waals surface area contributed by atoms with Crippen LogP contribution in [0.15, 0.2) is 53.6 Å². The number of nitrogens with zero attached hydrogens (tertiary/aromatic N) is 2. The fourth-order valence-electron chi connectivity index (χ4n) is 3.61. The summed E-state index contributed by atoms with van der Waals surface area (Å²) in [5.74, 6) is 0.0514. The van der Waals surface area contributed by atoms with Gasteiger partial charge in [-0.15, -0.1) is 0 Å². The van der Waals surface area contributed by atoms with E-state index in [-0.39, 0.29) is 11.5 Å². The van der Waals surface area contributed by atoms with Crippen molar-refractivity contribution in [3.8, 4) is 11.1 Å². The van der Waals surface area contributed by atoms with Crippen LogP contribution < -0.4 is 10.9 Å². The molecule has 1 aliphatic heterocycles. The second kappa shape index (κ2) is 6.83. The lowest BCUT2D eigenvalue weighted by Gasteiger charge is -2.22. The molecule has 0 unspecified atom stereocenters. The third-order valence-electron chi connectivity index (χ3n) is 4.98. The standard InChI is InChI=1S/C22H21N3O2/c1-14-9-18(13-25(2)22(14)27)16-10-15-6-7-20(26)24-21(15)17(11-16)12-19-5-3-4-8-23-19/h3-5,8-11,13H,6-7,12H2,1-2H3,(H,24,26). The highest BCUT2D eigenvalue weighted by Gasteiger charge is 2.20. The van der Waals surface area contributed by atoms with Crippen molar-refractivity contribution in [1.82, 2.24) is 9.55 Å². The van der Waals surface area contributed by atoms with Gasteiger partial charge < -0.3 is 9.88 Å². The minimum atomic E-state index is 0.0117. The number of carbonyl (C=O) groups is 1. The first-order valence-corrected chi connectivity index (χ1v) is 9.04. The molecule has 3 aromatic rings. The SMILES string of the molecule is Cc1cc(-c2cc3c(c(Cc4ccccn4)c2)NC(=O)CC3)cn(C)c1=O. The Kier molecular flexibility index (Phi) is 4.36. The first kappa shape index (κ1) is 17.2. The van der Waals surface area contributed by atoms with Crippen LogP contribution in [-0.2, 0) is 24.7 Å². The quantitative estimate of drug-likeness (QED) is 0.781. The summed E-state index contributed by atoms with van der Waals surface area (Å²) in [6.45, 7) is 1.83. The Morgan fingerprint density at radius 2 is 1.96 bits per heavy atom. The van der Waals surface area contributed by atoms with Gasteiger partial charge in [0.15, 0.2) is 0 Å². The van der Waals surface area contributed by atoms with Crippen molar-refractivity contribution in [2.24, 2.45) is 7.05 Å². The number of fused-ring (bicyclic) bond motifs is 1. The van der Waals surface area contributed by atoms with Gasteiger partial charge in [-0.05, 0) is 65.9 Å². The minimum absolute atomic E-state index is 0.0117. The van der Waals surface area contributed by atoms with Crippen LogP contribution >= 0.6 is 0 Å². The summed E-state index contributed by atoms with van der Waals surface area (Å²) in [5.41, 5.74) is 6.80. The molecule has 5 nitrogen and oxygen atoms in total. The molecule has 0 bridgehead atoms. The van der Waals surface area contributed by atoms with Crippen LogP contribution in [0.25, 0.3) is 11.1 Å². The Labute approximate surface area is 157 Å². The molecule has 1 aromatic carbocycles. The third kappa shape index (κ3) is 3.40. The van der Waals surface area contributed by atoms with Gasteiger partial charge in [0.05, 0.1) is 0 Å². The van der Waals surface area contributed by atoms with Gasteiger partial charge >= 0.3 is 0 Å². The fraction of sp³-hybridized carbons (Fsp3) is 0.227. The largest absolute Gasteiger partial charge is 0.326 e. The van der Waals surface area contributed by atoms with Crippen molar-refractivity contribution in [1.29, 1.82) is 0 Å². The third-order valence-corrected chi connectivity index (χ3v) is 4.98. The molecular formula is C22H21N3O2. The molecule has 5 heteroatoms. The second-order valence-corrected chi connectivity index (χ2v) is 7.04. The Bertz CT molecular complexity index is 1060. The summed E-state index contributed by atoms with van der Waals surface area (Å²) >= 11 is 0. The van der Waals surface area contributed by atoms with Crippen molar-refractivity contribution in [2.45, 2.75) is 26.2 Å². The number of rotatable bonds is 3. The number of aryl methyl sites for hydroxylation is 3. The lowest BCUT2D eigenvalue weighted by molar-refractivity contribution is -0.116. The Morgan fingerprint density at radius 3 is 2.70 bits per heavy atom. The molecule has 1 aliphatic rings. The number of hydrogen-bond donors (Lipinski definition) is 1. The number of nitrogens with one attached hydrogen (secondary N) is 1. The summed E-state index contributed by atoms with van der Waals surface area (Å²) in [7, 11) is 1.77. The maximum Gasteiger partial charge on any atom is 0.253 e. The lowest BCUT2D eigenvalue weighted by Crippen LogP contribution is -2.21. The van der Waals surface area contributed by atoms with Crippen molar-refractivity contribution < 1.29 is 4.79 Å². The maximum absolute atomic E-state index is 12.0. The highest BCUT2D eigenvalue weighted by Crippen LogP contribution is 2.33. The molecule has 0 aliphatic carbocycles. The normalized spacial score (nSPS) is 13.2. The molecule has 0 saturated carbocycles. The zero-order valence-corrected chi connectivity index (χ0v) is 15.5. The summed E-state index contributed by atoms with van der Waals surface area (Å²) in [6, 6.07) is 12.0. The number of carbonyl (C=O) groups excluding carboxylic acids is 1. The van der Waals surface area contributed by atoms with Gasteiger partial charge in [-0.1, -0.05) is 6.07 Å². The summed E-state index contributed by atoms with van der Waals surface area (Å²) in [6.07, 6.45) is 5.49. The molecule has 27 heavy (non-hydrogen) atoms. The van der Waals surface area contributed by atoms with Gasteiger partial charge in [-0.2, -0.15) is 0 Å². The summed E-state index contributed by atoms with van der Waals surface area (Å²) in [4.78, 5) is 28.4. The predicted molar refractivity (Wildman–Crippen MR) is 106 cm³/mol. The van der Waals surface area contributed by atoms with Gasteiger partial charge in [0.1, 0.15) is 0 Å². The van der Waals surface area contributed by atoms with E-state index in [1.807, 2.05) is 37.4 Å². The van der Waals surface area contributed by atoms with Crippen molar-refractivity contribution in [3.05, 3.63) is 81.5 Å². The van der Waals surface area contributed by atoms with Gasteiger partial charge in [-0.25, -0.2) is 0 Å². The van der Waals surface area contributed by atoms with E-state index in [0.717, 1.165) is 40.1 Å². The van der Waals surface area contributed by atoms with Crippen LogP contribution in [0.3, 0.4) is 0 Å². The highest BCUT2D eigenvalue weighted by atomic mass is 16.1. The second-order valence-electron chi connectivity index (χ2n) is 7.04. The summed E-state index contributed by atoms with van der Waals surface area (Å²) in [5, 5.41) is 3.04. The number of hydrogen-bond acceptors (Lipinski definition) is 3. The van der Waals surface area contributed by atoms with Gasteiger partial charge in [0.2, 0.25) is 5.91 Å². The Balaban J connectivity index is 1.85. The zero-order chi connectivity index (χ0) is 19.0. The van der Waals surface area contributed by atoms with E-state index < -0.39 is 0 Å². The van der Waals surface area contributed by atoms with E-state index in [9.17, 15) is 9.59 Å². The molecule has 1 N–H and O–H groups in total. The van der Waals surface area contributed by atoms with E-state index in [4.69, 9.17) is 0 Å². The van der Waals surface area contributed by atoms with Gasteiger partial charge in [-0.3, -0.25) is 14.6 Å². The van der Waals surface area contributed by atoms with Crippen LogP contribution in [0.2, 0.25) is 0 Å². The van der Waals surface area contributed by atoms with E-state index in [1.165, 1.54) is 0 Å². The van der Waals surface area contributed by atoms with E-state index in [1.54, 1.807) is 17.8 Å². The smallest absolute Gasteiger partial charge is 0.253 e. The van der Waals surface area contributed by atoms with Gasteiger partial charge in [0.25, 0.3) is 5.56 Å². The Morgan fingerprint density at radius 1 is 1.11 bits per heavy atom.